The van der Waals surface area contributed by atoms with Gasteiger partial charge in [0.2, 0.25) is 0 Å². The number of aliphatic imine (C=N–C) groups is 1. The third-order valence-electron chi connectivity index (χ3n) is 3.71. The molecule has 0 unspecified atom stereocenters. The molecule has 21 heavy (non-hydrogen) atoms. The first-order chi connectivity index (χ1) is 9.41. The van der Waals surface area contributed by atoms with E-state index in [1.54, 1.807) is 20.2 Å². The Labute approximate surface area is 139 Å². The first-order valence-corrected chi connectivity index (χ1v) is 6.47. The van der Waals surface area contributed by atoms with E-state index in [2.05, 4.69) is 15.6 Å². The molecule has 0 saturated heterocycles. The van der Waals surface area contributed by atoms with Crippen LogP contribution in [-0.4, -0.2) is 26.6 Å². The summed E-state index contributed by atoms with van der Waals surface area (Å²) in [7, 11) is 3.40. The zero-order valence-corrected chi connectivity index (χ0v) is 14.3. The lowest BCUT2D eigenvalue weighted by Gasteiger charge is -2.19. The maximum atomic E-state index is 12.8. The summed E-state index contributed by atoms with van der Waals surface area (Å²) in [4.78, 5) is 4.00. The number of benzene rings is 1. The second-order valence-electron chi connectivity index (χ2n) is 5.03. The van der Waals surface area contributed by atoms with E-state index in [4.69, 9.17) is 0 Å². The van der Waals surface area contributed by atoms with Gasteiger partial charge in [-0.1, -0.05) is 18.2 Å². The Morgan fingerprint density at radius 2 is 2.00 bits per heavy atom. The van der Waals surface area contributed by atoms with E-state index < -0.39 is 11.7 Å². The molecule has 1 fully saturated rings. The highest BCUT2D eigenvalue weighted by atomic mass is 127. The fraction of sp³-hybridized carbons (Fsp3) is 0.500. The van der Waals surface area contributed by atoms with Gasteiger partial charge in [-0.3, -0.25) is 4.99 Å². The summed E-state index contributed by atoms with van der Waals surface area (Å²) in [5.74, 6) is 0.642. The van der Waals surface area contributed by atoms with E-state index >= 15 is 0 Å². The van der Waals surface area contributed by atoms with E-state index in [-0.39, 0.29) is 29.4 Å². The molecule has 1 aliphatic rings. The number of hydrogen-bond donors (Lipinski definition) is 2. The predicted molar refractivity (Wildman–Crippen MR) is 88.2 cm³/mol. The first kappa shape index (κ1) is 18.1. The van der Waals surface area contributed by atoms with Crippen molar-refractivity contribution in [2.45, 2.75) is 24.4 Å². The third kappa shape index (κ3) is 4.24. The summed E-state index contributed by atoms with van der Waals surface area (Å²) in [5.41, 5.74) is -0.0423. The van der Waals surface area contributed by atoms with Gasteiger partial charge in [-0.25, -0.2) is 0 Å². The van der Waals surface area contributed by atoms with Crippen molar-refractivity contribution in [2.75, 3.05) is 20.6 Å². The summed E-state index contributed by atoms with van der Waals surface area (Å²) < 4.78 is 38.3. The summed E-state index contributed by atoms with van der Waals surface area (Å²) in [6.45, 7) is 0.585. The van der Waals surface area contributed by atoms with Gasteiger partial charge in [-0.2, -0.15) is 13.2 Å². The molecule has 1 aliphatic carbocycles. The Morgan fingerprint density at radius 3 is 2.48 bits per heavy atom. The molecule has 2 N–H and O–H groups in total. The molecule has 0 heterocycles. The van der Waals surface area contributed by atoms with E-state index in [0.717, 1.165) is 24.5 Å². The van der Waals surface area contributed by atoms with Gasteiger partial charge in [-0.05, 0) is 24.5 Å². The second kappa shape index (κ2) is 6.85. The number of halogens is 4. The van der Waals surface area contributed by atoms with Crippen molar-refractivity contribution in [1.29, 1.82) is 0 Å². The lowest BCUT2D eigenvalue weighted by atomic mass is 9.94. The van der Waals surface area contributed by atoms with Crippen molar-refractivity contribution < 1.29 is 13.2 Å². The summed E-state index contributed by atoms with van der Waals surface area (Å²) in [6.07, 6.45) is -2.51. The van der Waals surface area contributed by atoms with E-state index in [1.165, 1.54) is 12.1 Å². The molecule has 1 aromatic rings. The van der Waals surface area contributed by atoms with Crippen LogP contribution in [0.15, 0.2) is 29.3 Å². The Kier molecular flexibility index (Phi) is 5.89. The highest BCUT2D eigenvalue weighted by Gasteiger charge is 2.45. The van der Waals surface area contributed by atoms with E-state index in [9.17, 15) is 13.2 Å². The van der Waals surface area contributed by atoms with Gasteiger partial charge in [0, 0.05) is 26.1 Å². The van der Waals surface area contributed by atoms with Crippen molar-refractivity contribution in [3.8, 4) is 0 Å². The monoisotopic (exact) mass is 413 g/mol. The molecule has 0 aliphatic heterocycles. The highest BCUT2D eigenvalue weighted by Crippen LogP contribution is 2.48. The van der Waals surface area contributed by atoms with Crippen molar-refractivity contribution in [2.24, 2.45) is 4.99 Å². The molecule has 2 rings (SSSR count). The van der Waals surface area contributed by atoms with E-state index in [1.807, 2.05) is 0 Å². The van der Waals surface area contributed by atoms with Gasteiger partial charge in [0.15, 0.2) is 5.96 Å². The lowest BCUT2D eigenvalue weighted by molar-refractivity contribution is -0.137. The normalized spacial score (nSPS) is 16.9. The Bertz CT molecular complexity index is 510. The summed E-state index contributed by atoms with van der Waals surface area (Å²) >= 11 is 0. The molecule has 7 heteroatoms. The van der Waals surface area contributed by atoms with Crippen molar-refractivity contribution in [3.63, 3.8) is 0 Å². The SMILES string of the molecule is CN=C(NC)NCC1(c2cccc(C(F)(F)F)c2)CC1.I. The first-order valence-electron chi connectivity index (χ1n) is 6.47. The second-order valence-corrected chi connectivity index (χ2v) is 5.03. The Balaban J connectivity index is 0.00000220. The maximum absolute atomic E-state index is 12.8. The molecule has 0 aromatic heterocycles. The van der Waals surface area contributed by atoms with Gasteiger partial charge in [0.25, 0.3) is 0 Å². The number of nitrogens with one attached hydrogen (secondary N) is 2. The van der Waals surface area contributed by atoms with Crippen LogP contribution >= 0.6 is 24.0 Å². The van der Waals surface area contributed by atoms with Crippen LogP contribution < -0.4 is 10.6 Å². The molecule has 1 saturated carbocycles. The Hall–Kier alpha value is -0.990. The van der Waals surface area contributed by atoms with Crippen LogP contribution in [0.5, 0.6) is 0 Å². The van der Waals surface area contributed by atoms with Gasteiger partial charge in [0.05, 0.1) is 5.56 Å². The quantitative estimate of drug-likeness (QED) is 0.454. The van der Waals surface area contributed by atoms with Crippen LogP contribution in [-0.2, 0) is 11.6 Å². The standard InChI is InChI=1S/C14H18F3N3.HI/c1-18-12(19-2)20-9-13(6-7-13)10-4-3-5-11(8-10)14(15,16)17;/h3-5,8H,6-7,9H2,1-2H3,(H2,18,19,20);1H. The fourth-order valence-electron chi connectivity index (χ4n) is 2.28. The van der Waals surface area contributed by atoms with Gasteiger partial charge >= 0.3 is 6.18 Å². The van der Waals surface area contributed by atoms with Crippen molar-refractivity contribution in [1.82, 2.24) is 10.6 Å². The molecule has 1 aromatic carbocycles. The number of alkyl halides is 3. The Morgan fingerprint density at radius 1 is 1.33 bits per heavy atom. The molecular formula is C14H19F3IN3. The van der Waals surface area contributed by atoms with Crippen LogP contribution in [0.1, 0.15) is 24.0 Å². The van der Waals surface area contributed by atoms with Crippen LogP contribution in [0.3, 0.4) is 0 Å². The molecular weight excluding hydrogens is 394 g/mol. The largest absolute Gasteiger partial charge is 0.416 e. The van der Waals surface area contributed by atoms with E-state index in [0.29, 0.717) is 12.5 Å². The third-order valence-corrected chi connectivity index (χ3v) is 3.71. The summed E-state index contributed by atoms with van der Waals surface area (Å²) in [5, 5.41) is 6.03. The molecule has 0 atom stereocenters. The number of rotatable bonds is 3. The zero-order chi connectivity index (χ0) is 14.8. The van der Waals surface area contributed by atoms with Gasteiger partial charge in [-0.15, -0.1) is 24.0 Å². The van der Waals surface area contributed by atoms with Crippen LogP contribution in [0.2, 0.25) is 0 Å². The zero-order valence-electron chi connectivity index (χ0n) is 11.9. The van der Waals surface area contributed by atoms with Crippen LogP contribution in [0.25, 0.3) is 0 Å². The molecule has 118 valence electrons. The van der Waals surface area contributed by atoms with Gasteiger partial charge < -0.3 is 10.6 Å². The minimum absolute atomic E-state index is 0. The number of guanidine groups is 1. The average Bonchev–Trinajstić information content (AvgIpc) is 3.20. The molecule has 0 spiro atoms. The highest BCUT2D eigenvalue weighted by molar-refractivity contribution is 14.0. The minimum atomic E-state index is -4.29. The lowest BCUT2D eigenvalue weighted by Crippen LogP contribution is -2.39. The molecule has 0 bridgehead atoms. The topological polar surface area (TPSA) is 36.4 Å². The number of nitrogens with zero attached hydrogens (tertiary/aromatic N) is 1. The average molecular weight is 413 g/mol. The smallest absolute Gasteiger partial charge is 0.359 e. The molecule has 3 nitrogen and oxygen atoms in total. The van der Waals surface area contributed by atoms with Gasteiger partial charge in [0.1, 0.15) is 0 Å². The molecule has 0 amide bonds. The number of hydrogen-bond acceptors (Lipinski definition) is 1. The van der Waals surface area contributed by atoms with Crippen molar-refractivity contribution >= 4 is 29.9 Å². The van der Waals surface area contributed by atoms with Crippen LogP contribution in [0, 0.1) is 0 Å². The minimum Gasteiger partial charge on any atom is -0.359 e. The predicted octanol–water partition coefficient (Wildman–Crippen LogP) is 3.15. The maximum Gasteiger partial charge on any atom is 0.416 e. The summed E-state index contributed by atoms with van der Waals surface area (Å²) in [6, 6.07) is 5.62. The van der Waals surface area contributed by atoms with Crippen molar-refractivity contribution in [3.05, 3.63) is 35.4 Å². The molecule has 0 radical (unpaired) electrons. The fourth-order valence-corrected chi connectivity index (χ4v) is 2.28. The van der Waals surface area contributed by atoms with Crippen LogP contribution in [0.4, 0.5) is 13.2 Å².